The van der Waals surface area contributed by atoms with E-state index in [0.29, 0.717) is 0 Å². The first kappa shape index (κ1) is 65.1. The summed E-state index contributed by atoms with van der Waals surface area (Å²) in [6, 6.07) is 162. The van der Waals surface area contributed by atoms with Crippen molar-refractivity contribution in [1.29, 1.82) is 0 Å². The predicted octanol–water partition coefficient (Wildman–Crippen LogP) is 30.5. The van der Waals surface area contributed by atoms with Gasteiger partial charge in [-0.15, -0.1) is 0 Å². The molecule has 0 aliphatic carbocycles. The van der Waals surface area contributed by atoms with Crippen molar-refractivity contribution >= 4 is 98.8 Å². The molecule has 0 heterocycles. The van der Waals surface area contributed by atoms with Gasteiger partial charge in [-0.25, -0.2) is 0 Å². The standard InChI is InChI=1S/C108H72N2/c1-5-26-81-64-88(48-44-73(81)20-1)86-33-16-36-97(69-86)109(107-43-14-13-40-102(107)93-50-46-75-22-3-7-28-83(75)67-93)96-60-54-80(55-61-96)105-71-90(56-62-104(105)103-42-19-31-79-25-10-12-39-100(79)103)91-57-63-108(106(72-91)94-51-47-76-23-4-8-29-84(76)68-94)110(98-37-17-34-87(70-98)89-49-45-74-21-2-6-27-82(74)65-89)95-58-52-77(53-59-95)85-32-15-35-92(66-85)101-41-18-30-78-24-9-11-38-99(78)101/h1-72H. The molecule has 0 spiro atoms. The first-order chi connectivity index (χ1) is 54.5. The monoisotopic (exact) mass is 1400 g/mol. The molecule has 0 radical (unpaired) electrons. The molecule has 0 bridgehead atoms. The van der Waals surface area contributed by atoms with Gasteiger partial charge in [-0.2, -0.15) is 0 Å². The van der Waals surface area contributed by atoms with Gasteiger partial charge >= 0.3 is 0 Å². The van der Waals surface area contributed by atoms with Crippen molar-refractivity contribution in [1.82, 2.24) is 0 Å². The lowest BCUT2D eigenvalue weighted by Crippen LogP contribution is -2.11. The highest BCUT2D eigenvalue weighted by molar-refractivity contribution is 6.04. The van der Waals surface area contributed by atoms with Crippen LogP contribution in [0.2, 0.25) is 0 Å². The highest BCUT2D eigenvalue weighted by Crippen LogP contribution is 2.49. The number of hydrogen-bond donors (Lipinski definition) is 0. The number of benzene rings is 20. The van der Waals surface area contributed by atoms with Gasteiger partial charge in [0.15, 0.2) is 0 Å². The van der Waals surface area contributed by atoms with E-state index in [0.717, 1.165) is 112 Å². The van der Waals surface area contributed by atoms with Gasteiger partial charge in [-0.1, -0.05) is 334 Å². The lowest BCUT2D eigenvalue weighted by molar-refractivity contribution is 1.28. The fraction of sp³-hybridized carbons (Fsp3) is 0. The van der Waals surface area contributed by atoms with Crippen LogP contribution in [0.5, 0.6) is 0 Å². The molecule has 20 aromatic carbocycles. The van der Waals surface area contributed by atoms with Gasteiger partial charge in [-0.05, 0) is 257 Å². The smallest absolute Gasteiger partial charge is 0.0540 e. The maximum absolute atomic E-state index is 2.47. The SMILES string of the molecule is c1cc(-c2ccc(N(c3cccc(-c4ccc5ccccc5c4)c3)c3ccc(-c4ccc(-c5cccc6ccccc56)c(-c5ccc(N(c6cccc(-c7ccc8ccccc8c7)c6)c6ccccc6-c6ccc7ccccc7c6)cc5)c4)cc3-c3ccc4ccccc4c3)cc2)cc(-c2cccc3ccccc23)c1. The Morgan fingerprint density at radius 1 is 0.118 bits per heavy atom. The number of rotatable bonds is 15. The molecule has 0 aromatic heterocycles. The number of hydrogen-bond acceptors (Lipinski definition) is 2. The summed E-state index contributed by atoms with van der Waals surface area (Å²) in [5, 5.41) is 14.6. The zero-order valence-electron chi connectivity index (χ0n) is 60.5. The van der Waals surface area contributed by atoms with Crippen molar-refractivity contribution in [2.24, 2.45) is 0 Å². The van der Waals surface area contributed by atoms with E-state index >= 15 is 0 Å². The topological polar surface area (TPSA) is 6.48 Å². The van der Waals surface area contributed by atoms with Gasteiger partial charge in [0.2, 0.25) is 0 Å². The summed E-state index contributed by atoms with van der Waals surface area (Å²) in [6.45, 7) is 0. The first-order valence-corrected chi connectivity index (χ1v) is 37.9. The first-order valence-electron chi connectivity index (χ1n) is 37.9. The van der Waals surface area contributed by atoms with Crippen LogP contribution in [0.1, 0.15) is 0 Å². The van der Waals surface area contributed by atoms with Gasteiger partial charge in [0.25, 0.3) is 0 Å². The Balaban J connectivity index is 0.744. The van der Waals surface area contributed by atoms with Crippen molar-refractivity contribution < 1.29 is 0 Å². The Hall–Kier alpha value is -14.4. The zero-order chi connectivity index (χ0) is 72.9. The van der Waals surface area contributed by atoms with Crippen LogP contribution in [-0.2, 0) is 0 Å². The van der Waals surface area contributed by atoms with Gasteiger partial charge in [0, 0.05) is 33.9 Å². The number of para-hydroxylation sites is 1. The van der Waals surface area contributed by atoms with Crippen molar-refractivity contribution in [3.05, 3.63) is 437 Å². The molecule has 2 nitrogen and oxygen atoms in total. The molecular formula is C108H72N2. The fourth-order valence-corrected chi connectivity index (χ4v) is 16.6. The minimum absolute atomic E-state index is 1.04. The number of fused-ring (bicyclic) bond motifs is 6. The Bertz CT molecular complexity index is 6910. The summed E-state index contributed by atoms with van der Waals surface area (Å²) in [4.78, 5) is 4.91. The lowest BCUT2D eigenvalue weighted by Gasteiger charge is -2.29. The number of anilines is 6. The average molecular weight is 1400 g/mol. The maximum Gasteiger partial charge on any atom is 0.0540 e. The fourth-order valence-electron chi connectivity index (χ4n) is 16.6. The molecule has 20 aromatic rings. The molecule has 0 aliphatic heterocycles. The quantitative estimate of drug-likeness (QED) is 0.101. The van der Waals surface area contributed by atoms with Crippen LogP contribution in [-0.4, -0.2) is 0 Å². The summed E-state index contributed by atoms with van der Waals surface area (Å²) >= 11 is 0. The average Bonchev–Trinajstić information content (AvgIpc) is 0.792. The molecule has 110 heavy (non-hydrogen) atoms. The molecule has 0 saturated heterocycles. The molecule has 0 N–H and O–H groups in total. The lowest BCUT2D eigenvalue weighted by atomic mass is 9.88. The molecule has 0 saturated carbocycles. The van der Waals surface area contributed by atoms with Gasteiger partial charge < -0.3 is 9.80 Å². The third kappa shape index (κ3) is 12.4. The Morgan fingerprint density at radius 2 is 0.436 bits per heavy atom. The minimum Gasteiger partial charge on any atom is -0.310 e. The Morgan fingerprint density at radius 3 is 0.982 bits per heavy atom. The molecule has 0 fully saturated rings. The summed E-state index contributed by atoms with van der Waals surface area (Å²) in [7, 11) is 0. The summed E-state index contributed by atoms with van der Waals surface area (Å²) in [5.74, 6) is 0. The van der Waals surface area contributed by atoms with E-state index in [4.69, 9.17) is 0 Å². The van der Waals surface area contributed by atoms with Crippen molar-refractivity contribution in [3.8, 4) is 100 Å². The van der Waals surface area contributed by atoms with Crippen LogP contribution >= 0.6 is 0 Å². The molecule has 0 atom stereocenters. The van der Waals surface area contributed by atoms with Crippen molar-refractivity contribution in [3.63, 3.8) is 0 Å². The third-order valence-corrected chi connectivity index (χ3v) is 22.2. The highest BCUT2D eigenvalue weighted by Gasteiger charge is 2.24. The molecule has 2 heteroatoms. The van der Waals surface area contributed by atoms with E-state index in [1.54, 1.807) is 0 Å². The second-order valence-corrected chi connectivity index (χ2v) is 28.8. The normalized spacial score (nSPS) is 11.5. The molecular weight excluding hydrogens is 1330 g/mol. The van der Waals surface area contributed by atoms with E-state index < -0.39 is 0 Å². The summed E-state index contributed by atoms with van der Waals surface area (Å²) < 4.78 is 0. The van der Waals surface area contributed by atoms with Gasteiger partial charge in [-0.3, -0.25) is 0 Å². The number of nitrogens with zero attached hydrogens (tertiary/aromatic N) is 2. The molecule has 514 valence electrons. The van der Waals surface area contributed by atoms with Crippen LogP contribution < -0.4 is 9.80 Å². The molecule has 0 amide bonds. The third-order valence-electron chi connectivity index (χ3n) is 22.2. The Labute approximate surface area is 641 Å². The second-order valence-electron chi connectivity index (χ2n) is 28.8. The summed E-state index contributed by atoms with van der Waals surface area (Å²) in [5.41, 5.74) is 27.0. The van der Waals surface area contributed by atoms with Crippen LogP contribution in [0.25, 0.3) is 165 Å². The van der Waals surface area contributed by atoms with Crippen LogP contribution in [0.15, 0.2) is 437 Å². The van der Waals surface area contributed by atoms with Crippen molar-refractivity contribution in [2.45, 2.75) is 0 Å². The van der Waals surface area contributed by atoms with Crippen LogP contribution in [0.4, 0.5) is 34.1 Å². The molecule has 0 aliphatic rings. The van der Waals surface area contributed by atoms with E-state index in [1.807, 2.05) is 0 Å². The van der Waals surface area contributed by atoms with Gasteiger partial charge in [0.05, 0.1) is 11.4 Å². The second kappa shape index (κ2) is 28.1. The van der Waals surface area contributed by atoms with E-state index in [-0.39, 0.29) is 0 Å². The molecule has 0 unspecified atom stereocenters. The van der Waals surface area contributed by atoms with Crippen LogP contribution in [0.3, 0.4) is 0 Å². The summed E-state index contributed by atoms with van der Waals surface area (Å²) in [6.07, 6.45) is 0. The largest absolute Gasteiger partial charge is 0.310 e. The van der Waals surface area contributed by atoms with E-state index in [1.165, 1.54) is 86.9 Å². The molecule has 20 rings (SSSR count). The van der Waals surface area contributed by atoms with Crippen molar-refractivity contribution in [2.75, 3.05) is 9.80 Å². The highest BCUT2D eigenvalue weighted by atomic mass is 15.2. The van der Waals surface area contributed by atoms with E-state index in [9.17, 15) is 0 Å². The predicted molar refractivity (Wildman–Crippen MR) is 470 cm³/mol. The minimum atomic E-state index is 1.04. The Kier molecular flexibility index (Phi) is 16.6. The van der Waals surface area contributed by atoms with E-state index in [2.05, 4.69) is 447 Å². The zero-order valence-corrected chi connectivity index (χ0v) is 60.5. The van der Waals surface area contributed by atoms with Gasteiger partial charge in [0.1, 0.15) is 0 Å². The maximum atomic E-state index is 2.47. The van der Waals surface area contributed by atoms with Crippen LogP contribution in [0, 0.1) is 0 Å².